The number of hydrogen-bond acceptors (Lipinski definition) is 4. The molecule has 0 saturated carbocycles. The summed E-state index contributed by atoms with van der Waals surface area (Å²) in [5.74, 6) is 0.191. The van der Waals surface area contributed by atoms with Crippen molar-refractivity contribution in [2.45, 2.75) is 6.54 Å². The van der Waals surface area contributed by atoms with Gasteiger partial charge in [0, 0.05) is 24.7 Å². The zero-order valence-corrected chi connectivity index (χ0v) is 13.3. The summed E-state index contributed by atoms with van der Waals surface area (Å²) in [5, 5.41) is 3.12. The number of carbonyl (C=O) groups excluding carboxylic acids is 1. The molecule has 0 unspecified atom stereocenters. The number of nitrogens with zero attached hydrogens (tertiary/aromatic N) is 4. The van der Waals surface area contributed by atoms with Crippen LogP contribution in [0.3, 0.4) is 0 Å². The van der Waals surface area contributed by atoms with Crippen molar-refractivity contribution in [2.75, 3.05) is 7.05 Å². The Bertz CT molecular complexity index is 943. The maximum atomic E-state index is 12.3. The van der Waals surface area contributed by atoms with E-state index >= 15 is 0 Å². The van der Waals surface area contributed by atoms with Crippen LogP contribution in [-0.2, 0) is 18.4 Å². The van der Waals surface area contributed by atoms with Crippen LogP contribution in [0, 0.1) is 0 Å². The highest BCUT2D eigenvalue weighted by Gasteiger charge is 2.16. The van der Waals surface area contributed by atoms with Gasteiger partial charge in [-0.25, -0.2) is 14.8 Å². The molecule has 7 nitrogen and oxygen atoms in total. The van der Waals surface area contributed by atoms with E-state index in [2.05, 4.69) is 15.3 Å². The number of nitrogens with one attached hydrogen (secondary N) is 1. The molecule has 3 aromatic rings. The van der Waals surface area contributed by atoms with E-state index in [1.54, 1.807) is 37.5 Å². The molecule has 0 saturated heterocycles. The average Bonchev–Trinajstić information content (AvgIpc) is 2.80. The molecule has 1 N–H and O–H groups in total. The van der Waals surface area contributed by atoms with E-state index < -0.39 is 0 Å². The van der Waals surface area contributed by atoms with E-state index in [-0.39, 0.29) is 18.1 Å². The monoisotopic (exact) mass is 331 g/mol. The Labute approximate surface area is 136 Å². The molecular weight excluding hydrogens is 318 g/mol. The predicted molar refractivity (Wildman–Crippen MR) is 87.3 cm³/mol. The lowest BCUT2D eigenvalue weighted by Crippen LogP contribution is -2.30. The number of carbonyl (C=O) groups is 1. The minimum atomic E-state index is -0.314. The Morgan fingerprint density at radius 2 is 2.00 bits per heavy atom. The standard InChI is InChI=1S/C15H14ClN5O2/c1-17-12(22)8-21-14-11(20(2)15(21)23)7-18-13(19-14)9-3-5-10(16)6-4-9/h3-7H,8H2,1-2H3,(H,17,22). The van der Waals surface area contributed by atoms with E-state index in [0.717, 1.165) is 5.56 Å². The third-order valence-corrected chi connectivity index (χ3v) is 3.82. The molecule has 3 rings (SSSR count). The van der Waals surface area contributed by atoms with Crippen molar-refractivity contribution in [1.29, 1.82) is 0 Å². The molecule has 0 aliphatic carbocycles. The minimum absolute atomic E-state index is 0.0935. The molecule has 0 bridgehead atoms. The third kappa shape index (κ3) is 2.70. The third-order valence-electron chi connectivity index (χ3n) is 3.57. The number of rotatable bonds is 3. The second-order valence-corrected chi connectivity index (χ2v) is 5.45. The van der Waals surface area contributed by atoms with Gasteiger partial charge in [0.25, 0.3) is 0 Å². The van der Waals surface area contributed by atoms with Gasteiger partial charge in [0.1, 0.15) is 12.1 Å². The first kappa shape index (κ1) is 15.2. The first-order valence-corrected chi connectivity index (χ1v) is 7.28. The number of likely N-dealkylation sites (N-methyl/N-ethyl adjacent to an activating group) is 1. The maximum Gasteiger partial charge on any atom is 0.330 e. The second kappa shape index (κ2) is 5.85. The average molecular weight is 332 g/mol. The van der Waals surface area contributed by atoms with Crippen LogP contribution in [0.4, 0.5) is 0 Å². The van der Waals surface area contributed by atoms with Gasteiger partial charge < -0.3 is 5.32 Å². The molecule has 0 atom stereocenters. The van der Waals surface area contributed by atoms with E-state index in [9.17, 15) is 9.59 Å². The number of fused-ring (bicyclic) bond motifs is 1. The topological polar surface area (TPSA) is 81.8 Å². The van der Waals surface area contributed by atoms with Gasteiger partial charge >= 0.3 is 5.69 Å². The van der Waals surface area contributed by atoms with Gasteiger partial charge in [-0.3, -0.25) is 13.9 Å². The van der Waals surface area contributed by atoms with E-state index in [1.807, 2.05) is 0 Å². The summed E-state index contributed by atoms with van der Waals surface area (Å²) < 4.78 is 2.75. The first-order valence-electron chi connectivity index (χ1n) is 6.90. The minimum Gasteiger partial charge on any atom is -0.358 e. The fourth-order valence-corrected chi connectivity index (χ4v) is 2.41. The number of aryl methyl sites for hydroxylation is 1. The van der Waals surface area contributed by atoms with Crippen molar-refractivity contribution in [3.8, 4) is 11.4 Å². The van der Waals surface area contributed by atoms with Gasteiger partial charge in [0.15, 0.2) is 11.5 Å². The van der Waals surface area contributed by atoms with Gasteiger partial charge in [-0.1, -0.05) is 11.6 Å². The smallest absolute Gasteiger partial charge is 0.330 e. The van der Waals surface area contributed by atoms with Crippen molar-refractivity contribution in [3.63, 3.8) is 0 Å². The van der Waals surface area contributed by atoms with Crippen LogP contribution in [-0.4, -0.2) is 32.1 Å². The molecule has 0 aliphatic rings. The van der Waals surface area contributed by atoms with Gasteiger partial charge in [0.2, 0.25) is 5.91 Å². The Kier molecular flexibility index (Phi) is 3.87. The molecule has 0 radical (unpaired) electrons. The van der Waals surface area contributed by atoms with Gasteiger partial charge in [-0.2, -0.15) is 0 Å². The Morgan fingerprint density at radius 1 is 1.30 bits per heavy atom. The first-order chi connectivity index (χ1) is 11.0. The summed E-state index contributed by atoms with van der Waals surface area (Å²) >= 11 is 5.88. The molecule has 2 heterocycles. The van der Waals surface area contributed by atoms with E-state index in [4.69, 9.17) is 11.6 Å². The quantitative estimate of drug-likeness (QED) is 0.781. The molecule has 118 valence electrons. The fraction of sp³-hybridized carbons (Fsp3) is 0.200. The van der Waals surface area contributed by atoms with Crippen LogP contribution in [0.25, 0.3) is 22.6 Å². The molecular formula is C15H14ClN5O2. The molecule has 0 aliphatic heterocycles. The van der Waals surface area contributed by atoms with E-state index in [1.165, 1.54) is 16.2 Å². The van der Waals surface area contributed by atoms with Crippen molar-refractivity contribution < 1.29 is 4.79 Å². The zero-order valence-electron chi connectivity index (χ0n) is 12.6. The SMILES string of the molecule is CNC(=O)Cn1c(=O)n(C)c2cnc(-c3ccc(Cl)cc3)nc21. The Balaban J connectivity index is 2.18. The summed E-state index contributed by atoms with van der Waals surface area (Å²) in [6.45, 7) is -0.0935. The number of benzene rings is 1. The molecule has 8 heteroatoms. The molecule has 0 spiro atoms. The Hall–Kier alpha value is -2.67. The highest BCUT2D eigenvalue weighted by Crippen LogP contribution is 2.20. The second-order valence-electron chi connectivity index (χ2n) is 5.01. The molecule has 23 heavy (non-hydrogen) atoms. The van der Waals surface area contributed by atoms with Crippen LogP contribution in [0.5, 0.6) is 0 Å². The molecule has 1 amide bonds. The number of halogens is 1. The maximum absolute atomic E-state index is 12.3. The highest BCUT2D eigenvalue weighted by atomic mass is 35.5. The number of aromatic nitrogens is 4. The van der Waals surface area contributed by atoms with Crippen molar-refractivity contribution in [2.24, 2.45) is 7.05 Å². The number of amides is 1. The van der Waals surface area contributed by atoms with Crippen LogP contribution >= 0.6 is 11.6 Å². The lowest BCUT2D eigenvalue weighted by Gasteiger charge is -2.03. The fourth-order valence-electron chi connectivity index (χ4n) is 2.28. The molecule has 2 aromatic heterocycles. The summed E-state index contributed by atoms with van der Waals surface area (Å²) in [4.78, 5) is 32.7. The lowest BCUT2D eigenvalue weighted by molar-refractivity contribution is -0.121. The molecule has 1 aromatic carbocycles. The van der Waals surface area contributed by atoms with Crippen LogP contribution < -0.4 is 11.0 Å². The molecule has 0 fully saturated rings. The van der Waals surface area contributed by atoms with Crippen molar-refractivity contribution in [3.05, 3.63) is 46.0 Å². The largest absolute Gasteiger partial charge is 0.358 e. The van der Waals surface area contributed by atoms with Crippen molar-refractivity contribution in [1.82, 2.24) is 24.4 Å². The summed E-state index contributed by atoms with van der Waals surface area (Å²) in [6.07, 6.45) is 1.58. The van der Waals surface area contributed by atoms with Crippen LogP contribution in [0.1, 0.15) is 0 Å². The summed E-state index contributed by atoms with van der Waals surface area (Å²) in [5.41, 5.74) is 1.45. The summed E-state index contributed by atoms with van der Waals surface area (Å²) in [6, 6.07) is 7.08. The normalized spacial score (nSPS) is 10.9. The van der Waals surface area contributed by atoms with Gasteiger partial charge in [0.05, 0.1) is 6.20 Å². The highest BCUT2D eigenvalue weighted by molar-refractivity contribution is 6.30. The van der Waals surface area contributed by atoms with Crippen LogP contribution in [0.15, 0.2) is 35.3 Å². The number of imidazole rings is 1. The Morgan fingerprint density at radius 3 is 2.65 bits per heavy atom. The van der Waals surface area contributed by atoms with Crippen molar-refractivity contribution >= 4 is 28.7 Å². The zero-order chi connectivity index (χ0) is 16.6. The van der Waals surface area contributed by atoms with Gasteiger partial charge in [-0.05, 0) is 24.3 Å². The van der Waals surface area contributed by atoms with Crippen LogP contribution in [0.2, 0.25) is 5.02 Å². The predicted octanol–water partition coefficient (Wildman–Crippen LogP) is 1.20. The lowest BCUT2D eigenvalue weighted by atomic mass is 10.2. The summed E-state index contributed by atoms with van der Waals surface area (Å²) in [7, 11) is 3.14. The van der Waals surface area contributed by atoms with Gasteiger partial charge in [-0.15, -0.1) is 0 Å². The number of hydrogen-bond donors (Lipinski definition) is 1. The van der Waals surface area contributed by atoms with E-state index in [0.29, 0.717) is 22.0 Å².